The summed E-state index contributed by atoms with van der Waals surface area (Å²) in [5.41, 5.74) is 4.43. The topological polar surface area (TPSA) is 97.0 Å². The van der Waals surface area contributed by atoms with E-state index in [-0.39, 0.29) is 11.7 Å². The van der Waals surface area contributed by atoms with Gasteiger partial charge in [-0.15, -0.1) is 0 Å². The van der Waals surface area contributed by atoms with Gasteiger partial charge >= 0.3 is 11.7 Å². The maximum Gasteiger partial charge on any atom is 0.329 e. The minimum Gasteiger partial charge on any atom is -0.467 e. The van der Waals surface area contributed by atoms with E-state index in [1.54, 1.807) is 30.2 Å². The summed E-state index contributed by atoms with van der Waals surface area (Å²) < 4.78 is 14.0. The summed E-state index contributed by atoms with van der Waals surface area (Å²) in [6, 6.07) is 4.18. The van der Waals surface area contributed by atoms with E-state index in [9.17, 15) is 4.79 Å². The molecule has 0 amide bonds. The molecule has 0 bridgehead atoms. The molecule has 5 rings (SSSR count). The maximum atomic E-state index is 13.1. The van der Waals surface area contributed by atoms with E-state index in [4.69, 9.17) is 14.5 Å². The van der Waals surface area contributed by atoms with Gasteiger partial charge in [-0.05, 0) is 25.0 Å². The Labute approximate surface area is 166 Å². The highest BCUT2D eigenvalue weighted by Gasteiger charge is 2.24. The Bertz CT molecular complexity index is 1260. The van der Waals surface area contributed by atoms with Gasteiger partial charge in [-0.2, -0.15) is 0 Å². The summed E-state index contributed by atoms with van der Waals surface area (Å²) in [6.07, 6.45) is 6.69. The molecule has 1 aliphatic rings. The van der Waals surface area contributed by atoms with Crippen molar-refractivity contribution in [3.05, 3.63) is 41.2 Å². The molecule has 29 heavy (non-hydrogen) atoms. The largest absolute Gasteiger partial charge is 0.467 e. The Morgan fingerprint density at radius 1 is 1.10 bits per heavy atom. The van der Waals surface area contributed by atoms with E-state index in [0.717, 1.165) is 35.0 Å². The number of hydrogen-bond donors (Lipinski definition) is 0. The molecule has 0 aromatic carbocycles. The Kier molecular flexibility index (Phi) is 4.24. The number of ether oxygens (including phenoxy) is 2. The van der Waals surface area contributed by atoms with Crippen LogP contribution >= 0.6 is 0 Å². The minimum absolute atomic E-state index is 0.0545. The van der Waals surface area contributed by atoms with E-state index >= 15 is 0 Å². The van der Waals surface area contributed by atoms with Gasteiger partial charge in [0.2, 0.25) is 0 Å². The van der Waals surface area contributed by atoms with Crippen LogP contribution in [0, 0.1) is 0 Å². The monoisotopic (exact) mass is 392 g/mol. The second-order valence-corrected chi connectivity index (χ2v) is 7.07. The lowest BCUT2D eigenvalue weighted by molar-refractivity contribution is 0.0697. The number of aromatic nitrogens is 6. The van der Waals surface area contributed by atoms with Crippen LogP contribution in [-0.4, -0.2) is 49.4 Å². The van der Waals surface area contributed by atoms with E-state index in [2.05, 4.69) is 15.0 Å². The van der Waals surface area contributed by atoms with E-state index in [0.29, 0.717) is 30.4 Å². The third-order valence-corrected chi connectivity index (χ3v) is 5.42. The van der Waals surface area contributed by atoms with Crippen LogP contribution in [0.5, 0.6) is 6.01 Å². The smallest absolute Gasteiger partial charge is 0.329 e. The highest BCUT2D eigenvalue weighted by Crippen LogP contribution is 2.29. The van der Waals surface area contributed by atoms with Crippen molar-refractivity contribution in [2.75, 3.05) is 20.3 Å². The third kappa shape index (κ3) is 2.85. The first-order valence-electron chi connectivity index (χ1n) is 9.48. The van der Waals surface area contributed by atoms with Crippen molar-refractivity contribution in [1.82, 2.24) is 29.1 Å². The number of pyridine rings is 2. The average Bonchev–Trinajstić information content (AvgIpc) is 3.04. The molecule has 0 atom stereocenters. The number of aryl methyl sites for hydroxylation is 1. The Morgan fingerprint density at radius 2 is 1.86 bits per heavy atom. The summed E-state index contributed by atoms with van der Waals surface area (Å²) in [5, 5.41) is 0. The normalized spacial score (nSPS) is 15.2. The lowest BCUT2D eigenvalue weighted by Crippen LogP contribution is -2.29. The highest BCUT2D eigenvalue weighted by molar-refractivity contribution is 6.00. The van der Waals surface area contributed by atoms with Crippen molar-refractivity contribution in [1.29, 1.82) is 0 Å². The highest BCUT2D eigenvalue weighted by atomic mass is 16.5. The Balaban J connectivity index is 1.75. The van der Waals surface area contributed by atoms with Crippen molar-refractivity contribution in [2.24, 2.45) is 7.05 Å². The summed E-state index contributed by atoms with van der Waals surface area (Å²) >= 11 is 0. The van der Waals surface area contributed by atoms with Crippen molar-refractivity contribution < 1.29 is 9.47 Å². The molecule has 0 N–H and O–H groups in total. The van der Waals surface area contributed by atoms with Crippen LogP contribution in [0.4, 0.5) is 0 Å². The zero-order valence-corrected chi connectivity index (χ0v) is 16.2. The molecule has 9 heteroatoms. The SMILES string of the molecule is COc1ncc(-c2ccc3ncc4c(c3n2)n(C2CCOCC2)c(=O)n4C)cn1. The molecule has 4 aromatic heterocycles. The summed E-state index contributed by atoms with van der Waals surface area (Å²) in [4.78, 5) is 30.8. The van der Waals surface area contributed by atoms with Crippen molar-refractivity contribution >= 4 is 22.1 Å². The number of hydrogen-bond acceptors (Lipinski definition) is 7. The zero-order chi connectivity index (χ0) is 20.0. The summed E-state index contributed by atoms with van der Waals surface area (Å²) in [6.45, 7) is 1.30. The third-order valence-electron chi connectivity index (χ3n) is 5.42. The lowest BCUT2D eigenvalue weighted by Gasteiger charge is -2.23. The zero-order valence-electron chi connectivity index (χ0n) is 16.2. The van der Waals surface area contributed by atoms with Crippen LogP contribution in [0.2, 0.25) is 0 Å². The quantitative estimate of drug-likeness (QED) is 0.527. The van der Waals surface area contributed by atoms with Crippen molar-refractivity contribution in [2.45, 2.75) is 18.9 Å². The molecule has 0 unspecified atom stereocenters. The second-order valence-electron chi connectivity index (χ2n) is 7.07. The Hall–Kier alpha value is -3.33. The molecular weight excluding hydrogens is 372 g/mol. The van der Waals surface area contributed by atoms with Crippen molar-refractivity contribution in [3.63, 3.8) is 0 Å². The van der Waals surface area contributed by atoms with Gasteiger partial charge in [0.05, 0.1) is 35.6 Å². The van der Waals surface area contributed by atoms with Gasteiger partial charge in [-0.1, -0.05) is 0 Å². The molecule has 0 saturated carbocycles. The fourth-order valence-corrected chi connectivity index (χ4v) is 3.88. The van der Waals surface area contributed by atoms with Gasteiger partial charge in [0.1, 0.15) is 5.52 Å². The average molecular weight is 392 g/mol. The maximum absolute atomic E-state index is 13.1. The van der Waals surface area contributed by atoms with Crippen molar-refractivity contribution in [3.8, 4) is 17.3 Å². The van der Waals surface area contributed by atoms with E-state index < -0.39 is 0 Å². The standard InChI is InChI=1S/C20H20N6O3/c1-25-16-11-21-15-4-3-14(12-9-22-19(28-2)23-10-12)24-17(15)18(16)26(20(25)27)13-5-7-29-8-6-13/h3-4,9-11,13H,5-8H2,1-2H3. The number of fused-ring (bicyclic) bond motifs is 3. The molecular formula is C20H20N6O3. The number of rotatable bonds is 3. The van der Waals surface area contributed by atoms with Crippen LogP contribution in [0.3, 0.4) is 0 Å². The Morgan fingerprint density at radius 3 is 2.59 bits per heavy atom. The molecule has 5 heterocycles. The van der Waals surface area contributed by atoms with E-state index in [1.165, 1.54) is 7.11 Å². The predicted molar refractivity (Wildman–Crippen MR) is 107 cm³/mol. The van der Waals surface area contributed by atoms with Gasteiger partial charge in [0.15, 0.2) is 0 Å². The second kappa shape index (κ2) is 6.93. The molecule has 0 spiro atoms. The molecule has 1 saturated heterocycles. The molecule has 148 valence electrons. The predicted octanol–water partition coefficient (Wildman–Crippen LogP) is 2.10. The summed E-state index contributed by atoms with van der Waals surface area (Å²) in [5.74, 6) is 0. The number of nitrogens with zero attached hydrogens (tertiary/aromatic N) is 6. The molecule has 0 aliphatic carbocycles. The van der Waals surface area contributed by atoms with Gasteiger partial charge in [0, 0.05) is 44.3 Å². The van der Waals surface area contributed by atoms with Gasteiger partial charge in [-0.3, -0.25) is 14.1 Å². The summed E-state index contributed by atoms with van der Waals surface area (Å²) in [7, 11) is 3.30. The fraction of sp³-hybridized carbons (Fsp3) is 0.350. The van der Waals surface area contributed by atoms with Gasteiger partial charge < -0.3 is 9.47 Å². The first-order valence-corrected chi connectivity index (χ1v) is 9.48. The lowest BCUT2D eigenvalue weighted by atomic mass is 10.1. The van der Waals surface area contributed by atoms with Crippen LogP contribution in [0.1, 0.15) is 18.9 Å². The first kappa shape index (κ1) is 17.7. The minimum atomic E-state index is -0.0545. The molecule has 1 aliphatic heterocycles. The van der Waals surface area contributed by atoms with Crippen LogP contribution < -0.4 is 10.4 Å². The van der Waals surface area contributed by atoms with Crippen LogP contribution in [0.25, 0.3) is 33.3 Å². The van der Waals surface area contributed by atoms with Crippen LogP contribution in [-0.2, 0) is 11.8 Å². The van der Waals surface area contributed by atoms with Gasteiger partial charge in [0.25, 0.3) is 0 Å². The molecule has 1 fully saturated rings. The van der Waals surface area contributed by atoms with Gasteiger partial charge in [-0.25, -0.2) is 19.7 Å². The number of methoxy groups -OCH3 is 1. The molecule has 4 aromatic rings. The molecule has 0 radical (unpaired) electrons. The number of imidazole rings is 1. The van der Waals surface area contributed by atoms with Crippen LogP contribution in [0.15, 0.2) is 35.5 Å². The first-order chi connectivity index (χ1) is 14.2. The fourth-order valence-electron chi connectivity index (χ4n) is 3.88. The molecule has 9 nitrogen and oxygen atoms in total. The van der Waals surface area contributed by atoms with E-state index in [1.807, 2.05) is 16.7 Å².